The molecule has 5 nitrogen and oxygen atoms in total. The molecule has 0 bridgehead atoms. The molecule has 0 atom stereocenters. The number of hydrogen-bond donors (Lipinski definition) is 2. The number of furan rings is 1. The summed E-state index contributed by atoms with van der Waals surface area (Å²) in [5, 5.41) is 6.39. The maximum Gasteiger partial charge on any atom is 0.227 e. The number of rotatable bonds is 5. The number of hydrogen-bond acceptors (Lipinski definition) is 3. The fourth-order valence-electron chi connectivity index (χ4n) is 3.16. The van der Waals surface area contributed by atoms with Crippen molar-refractivity contribution >= 4 is 29.1 Å². The van der Waals surface area contributed by atoms with Gasteiger partial charge in [-0.25, -0.2) is 0 Å². The van der Waals surface area contributed by atoms with Crippen molar-refractivity contribution in [2.45, 2.75) is 32.2 Å². The van der Waals surface area contributed by atoms with Crippen LogP contribution in [0.5, 0.6) is 0 Å². The van der Waals surface area contributed by atoms with Crippen molar-refractivity contribution in [3.8, 4) is 0 Å². The first kappa shape index (κ1) is 17.5. The molecule has 1 aliphatic carbocycles. The topological polar surface area (TPSA) is 71.3 Å². The van der Waals surface area contributed by atoms with Gasteiger partial charge in [0.1, 0.15) is 5.76 Å². The lowest BCUT2D eigenvalue weighted by Crippen LogP contribution is -2.35. The van der Waals surface area contributed by atoms with Crippen molar-refractivity contribution in [1.29, 1.82) is 0 Å². The van der Waals surface area contributed by atoms with Gasteiger partial charge in [-0.3, -0.25) is 9.59 Å². The summed E-state index contributed by atoms with van der Waals surface area (Å²) < 4.78 is 5.21. The summed E-state index contributed by atoms with van der Waals surface area (Å²) >= 11 is 5.93. The third-order valence-corrected chi connectivity index (χ3v) is 4.81. The van der Waals surface area contributed by atoms with Crippen LogP contribution in [0.15, 0.2) is 47.1 Å². The molecule has 1 aromatic carbocycles. The van der Waals surface area contributed by atoms with E-state index in [4.69, 9.17) is 16.0 Å². The summed E-state index contributed by atoms with van der Waals surface area (Å²) in [7, 11) is 0. The van der Waals surface area contributed by atoms with E-state index < -0.39 is 0 Å². The van der Waals surface area contributed by atoms with E-state index in [1.165, 1.54) is 0 Å². The van der Waals surface area contributed by atoms with Gasteiger partial charge >= 0.3 is 0 Å². The lowest BCUT2D eigenvalue weighted by Gasteiger charge is -2.27. The van der Waals surface area contributed by atoms with Crippen molar-refractivity contribution in [2.24, 2.45) is 11.8 Å². The van der Waals surface area contributed by atoms with Gasteiger partial charge in [0.05, 0.1) is 12.8 Å². The molecule has 1 fully saturated rings. The first-order chi connectivity index (χ1) is 12.1. The van der Waals surface area contributed by atoms with Crippen LogP contribution in [0.4, 0.5) is 5.69 Å². The summed E-state index contributed by atoms with van der Waals surface area (Å²) in [5.41, 5.74) is 0.704. The maximum absolute atomic E-state index is 12.4. The Kier molecular flexibility index (Phi) is 5.76. The normalized spacial score (nSPS) is 20.0. The van der Waals surface area contributed by atoms with Crippen LogP contribution < -0.4 is 10.6 Å². The lowest BCUT2D eigenvalue weighted by atomic mass is 9.81. The zero-order valence-electron chi connectivity index (χ0n) is 13.8. The second kappa shape index (κ2) is 8.21. The van der Waals surface area contributed by atoms with Gasteiger partial charge in [-0.15, -0.1) is 0 Å². The average molecular weight is 361 g/mol. The number of benzene rings is 1. The Labute approximate surface area is 151 Å². The number of nitrogens with one attached hydrogen (secondary N) is 2. The zero-order valence-corrected chi connectivity index (χ0v) is 14.6. The summed E-state index contributed by atoms with van der Waals surface area (Å²) in [4.78, 5) is 24.6. The highest BCUT2D eigenvalue weighted by molar-refractivity contribution is 6.30. The summed E-state index contributed by atoms with van der Waals surface area (Å²) in [6, 6.07) is 10.7. The summed E-state index contributed by atoms with van der Waals surface area (Å²) in [6.45, 7) is 0.404. The van der Waals surface area contributed by atoms with Crippen LogP contribution in [-0.2, 0) is 16.1 Å². The molecule has 2 aromatic rings. The minimum atomic E-state index is -0.0619. The SMILES string of the molecule is O=C(NCc1ccco1)C1CCC(C(=O)Nc2cccc(Cl)c2)CC1. The van der Waals surface area contributed by atoms with E-state index in [9.17, 15) is 9.59 Å². The molecule has 2 N–H and O–H groups in total. The second-order valence-corrected chi connectivity index (χ2v) is 6.78. The van der Waals surface area contributed by atoms with Crippen LogP contribution >= 0.6 is 11.6 Å². The molecule has 0 radical (unpaired) electrons. The van der Waals surface area contributed by atoms with Gasteiger partial charge < -0.3 is 15.1 Å². The van der Waals surface area contributed by atoms with Gasteiger partial charge in [-0.05, 0) is 56.0 Å². The first-order valence-electron chi connectivity index (χ1n) is 8.48. The largest absolute Gasteiger partial charge is 0.467 e. The van der Waals surface area contributed by atoms with Gasteiger partial charge in [0.15, 0.2) is 0 Å². The minimum absolute atomic E-state index is 0.00305. The highest BCUT2D eigenvalue weighted by Crippen LogP contribution is 2.30. The fraction of sp³-hybridized carbons (Fsp3) is 0.368. The molecule has 2 amide bonds. The number of amides is 2. The van der Waals surface area contributed by atoms with Gasteiger partial charge in [-0.2, -0.15) is 0 Å². The van der Waals surface area contributed by atoms with Crippen molar-refractivity contribution in [2.75, 3.05) is 5.32 Å². The number of carbonyl (C=O) groups excluding carboxylic acids is 2. The van der Waals surface area contributed by atoms with Gasteiger partial charge in [0.25, 0.3) is 0 Å². The van der Waals surface area contributed by atoms with E-state index >= 15 is 0 Å². The predicted octanol–water partition coefficient (Wildman–Crippen LogP) is 3.99. The lowest BCUT2D eigenvalue weighted by molar-refractivity contribution is -0.128. The van der Waals surface area contributed by atoms with Crippen LogP contribution in [0.25, 0.3) is 0 Å². The standard InChI is InChI=1S/C19H21ClN2O3/c20-15-3-1-4-16(11-15)22-19(24)14-8-6-13(7-9-14)18(23)21-12-17-5-2-10-25-17/h1-5,10-11,13-14H,6-9,12H2,(H,21,23)(H,22,24). The van der Waals surface area contributed by atoms with E-state index in [0.29, 0.717) is 30.1 Å². The zero-order chi connectivity index (χ0) is 17.6. The number of carbonyl (C=O) groups is 2. The highest BCUT2D eigenvalue weighted by atomic mass is 35.5. The molecule has 1 aromatic heterocycles. The molecule has 1 heterocycles. The Balaban J connectivity index is 1.44. The third-order valence-electron chi connectivity index (χ3n) is 4.58. The molecule has 0 aliphatic heterocycles. The predicted molar refractivity (Wildman–Crippen MR) is 96.1 cm³/mol. The van der Waals surface area contributed by atoms with E-state index in [1.54, 1.807) is 30.5 Å². The first-order valence-corrected chi connectivity index (χ1v) is 8.86. The Bertz CT molecular complexity index is 722. The van der Waals surface area contributed by atoms with Crippen LogP contribution in [0.3, 0.4) is 0 Å². The quantitative estimate of drug-likeness (QED) is 0.846. The molecular weight excluding hydrogens is 340 g/mol. The second-order valence-electron chi connectivity index (χ2n) is 6.35. The third kappa shape index (κ3) is 4.86. The van der Waals surface area contributed by atoms with Crippen LogP contribution in [-0.4, -0.2) is 11.8 Å². The fourth-order valence-corrected chi connectivity index (χ4v) is 3.35. The van der Waals surface area contributed by atoms with E-state index in [0.717, 1.165) is 18.6 Å². The highest BCUT2D eigenvalue weighted by Gasteiger charge is 2.29. The molecule has 6 heteroatoms. The molecule has 1 aliphatic rings. The van der Waals surface area contributed by atoms with Gasteiger partial charge in [0, 0.05) is 22.5 Å². The molecule has 0 unspecified atom stereocenters. The average Bonchev–Trinajstić information content (AvgIpc) is 3.13. The molecule has 132 valence electrons. The molecule has 1 saturated carbocycles. The van der Waals surface area contributed by atoms with Gasteiger partial charge in [0.2, 0.25) is 11.8 Å². The molecule has 3 rings (SSSR count). The number of anilines is 1. The molecule has 0 spiro atoms. The smallest absolute Gasteiger partial charge is 0.227 e. The van der Waals surface area contributed by atoms with Crippen LogP contribution in [0, 0.1) is 11.8 Å². The van der Waals surface area contributed by atoms with Crippen LogP contribution in [0.2, 0.25) is 5.02 Å². The molecule has 0 saturated heterocycles. The molecular formula is C19H21ClN2O3. The number of halogens is 1. The minimum Gasteiger partial charge on any atom is -0.467 e. The van der Waals surface area contributed by atoms with Crippen LogP contribution in [0.1, 0.15) is 31.4 Å². The van der Waals surface area contributed by atoms with E-state index in [2.05, 4.69) is 10.6 Å². The summed E-state index contributed by atoms with van der Waals surface area (Å²) in [6.07, 6.45) is 4.46. The van der Waals surface area contributed by atoms with E-state index in [1.807, 2.05) is 12.1 Å². The van der Waals surface area contributed by atoms with Crippen molar-refractivity contribution < 1.29 is 14.0 Å². The Hall–Kier alpha value is -2.27. The summed E-state index contributed by atoms with van der Waals surface area (Å²) in [5.74, 6) is 0.669. The van der Waals surface area contributed by atoms with Crippen molar-refractivity contribution in [1.82, 2.24) is 5.32 Å². The van der Waals surface area contributed by atoms with Crippen molar-refractivity contribution in [3.05, 3.63) is 53.4 Å². The van der Waals surface area contributed by atoms with Gasteiger partial charge in [-0.1, -0.05) is 17.7 Å². The van der Waals surface area contributed by atoms with Crippen molar-refractivity contribution in [3.63, 3.8) is 0 Å². The maximum atomic E-state index is 12.4. The Morgan fingerprint density at radius 2 is 1.76 bits per heavy atom. The Morgan fingerprint density at radius 1 is 1.04 bits per heavy atom. The van der Waals surface area contributed by atoms with E-state index in [-0.39, 0.29) is 23.7 Å². The monoisotopic (exact) mass is 360 g/mol. The Morgan fingerprint density at radius 3 is 2.40 bits per heavy atom. The molecule has 25 heavy (non-hydrogen) atoms.